The Kier molecular flexibility index (Phi) is 3.56. The zero-order chi connectivity index (χ0) is 14.7. The number of para-hydroxylation sites is 1. The molecule has 3 rings (SSSR count). The first-order chi connectivity index (χ1) is 10.3. The second kappa shape index (κ2) is 5.67. The molecular formula is C18H15NO2. The molecule has 0 unspecified atom stereocenters. The fraction of sp³-hybridized carbons (Fsp3) is 0.0556. The largest absolute Gasteiger partial charge is 0.466 e. The molecule has 3 nitrogen and oxygen atoms in total. The number of aromatic nitrogens is 1. The van der Waals surface area contributed by atoms with Crippen molar-refractivity contribution in [3.05, 3.63) is 72.4 Å². The van der Waals surface area contributed by atoms with E-state index in [1.165, 1.54) is 13.2 Å². The van der Waals surface area contributed by atoms with Gasteiger partial charge in [-0.25, -0.2) is 4.79 Å². The van der Waals surface area contributed by atoms with Crippen LogP contribution in [0.25, 0.3) is 22.7 Å². The molecule has 104 valence electrons. The molecule has 0 aliphatic carbocycles. The Labute approximate surface area is 123 Å². The van der Waals surface area contributed by atoms with Crippen molar-refractivity contribution in [3.8, 4) is 5.69 Å². The first-order valence-corrected chi connectivity index (χ1v) is 6.70. The zero-order valence-corrected chi connectivity index (χ0v) is 11.7. The maximum atomic E-state index is 11.1. The van der Waals surface area contributed by atoms with E-state index in [9.17, 15) is 4.79 Å². The number of ether oxygens (including phenoxy) is 1. The lowest BCUT2D eigenvalue weighted by Crippen LogP contribution is -1.93. The van der Waals surface area contributed by atoms with Crippen molar-refractivity contribution in [2.24, 2.45) is 0 Å². The number of carbonyl (C=O) groups is 1. The average Bonchev–Trinajstić information content (AvgIpc) is 2.96. The van der Waals surface area contributed by atoms with Gasteiger partial charge in [0, 0.05) is 23.3 Å². The van der Waals surface area contributed by atoms with E-state index in [1.54, 1.807) is 6.08 Å². The third-order valence-corrected chi connectivity index (χ3v) is 3.36. The van der Waals surface area contributed by atoms with Crippen molar-refractivity contribution in [2.75, 3.05) is 7.11 Å². The summed E-state index contributed by atoms with van der Waals surface area (Å²) in [4.78, 5) is 11.1. The lowest BCUT2D eigenvalue weighted by Gasteiger charge is -2.05. The number of nitrogens with zero attached hydrogens (tertiary/aromatic N) is 1. The van der Waals surface area contributed by atoms with Crippen molar-refractivity contribution < 1.29 is 9.53 Å². The van der Waals surface area contributed by atoms with Crippen LogP contribution in [0.4, 0.5) is 0 Å². The van der Waals surface area contributed by atoms with Gasteiger partial charge >= 0.3 is 5.97 Å². The summed E-state index contributed by atoms with van der Waals surface area (Å²) in [5.41, 5.74) is 3.24. The van der Waals surface area contributed by atoms with Crippen molar-refractivity contribution in [1.82, 2.24) is 4.57 Å². The number of esters is 1. The summed E-state index contributed by atoms with van der Waals surface area (Å²) >= 11 is 0. The van der Waals surface area contributed by atoms with E-state index in [1.807, 2.05) is 36.5 Å². The first kappa shape index (κ1) is 13.2. The van der Waals surface area contributed by atoms with Gasteiger partial charge in [0.1, 0.15) is 0 Å². The predicted molar refractivity (Wildman–Crippen MR) is 84.3 cm³/mol. The normalized spacial score (nSPS) is 11.1. The van der Waals surface area contributed by atoms with Gasteiger partial charge in [0.25, 0.3) is 0 Å². The fourth-order valence-corrected chi connectivity index (χ4v) is 2.31. The van der Waals surface area contributed by atoms with E-state index in [2.05, 4.69) is 33.6 Å². The highest BCUT2D eigenvalue weighted by Crippen LogP contribution is 2.22. The Morgan fingerprint density at radius 3 is 2.67 bits per heavy atom. The van der Waals surface area contributed by atoms with Gasteiger partial charge in [-0.3, -0.25) is 0 Å². The number of benzene rings is 2. The monoisotopic (exact) mass is 277 g/mol. The molecular weight excluding hydrogens is 262 g/mol. The summed E-state index contributed by atoms with van der Waals surface area (Å²) in [5.74, 6) is -0.350. The summed E-state index contributed by atoms with van der Waals surface area (Å²) in [6, 6.07) is 18.4. The van der Waals surface area contributed by atoms with Gasteiger partial charge in [0.2, 0.25) is 0 Å². The SMILES string of the molecule is COC(=O)C=Cc1ccc2c(ccn2-c2ccccc2)c1. The second-order valence-electron chi connectivity index (χ2n) is 4.70. The molecule has 1 aromatic heterocycles. The number of fused-ring (bicyclic) bond motifs is 1. The molecule has 0 bridgehead atoms. The highest BCUT2D eigenvalue weighted by Gasteiger charge is 2.03. The third-order valence-electron chi connectivity index (χ3n) is 3.36. The Bertz CT molecular complexity index is 800. The van der Waals surface area contributed by atoms with Gasteiger partial charge in [-0.2, -0.15) is 0 Å². The fourth-order valence-electron chi connectivity index (χ4n) is 2.31. The molecule has 1 heterocycles. The highest BCUT2D eigenvalue weighted by atomic mass is 16.5. The zero-order valence-electron chi connectivity index (χ0n) is 11.7. The highest BCUT2D eigenvalue weighted by molar-refractivity contribution is 5.89. The lowest BCUT2D eigenvalue weighted by atomic mass is 10.1. The molecule has 2 aromatic carbocycles. The van der Waals surface area contributed by atoms with Crippen LogP contribution in [0.1, 0.15) is 5.56 Å². The molecule has 0 saturated carbocycles. The van der Waals surface area contributed by atoms with Gasteiger partial charge in [0.15, 0.2) is 0 Å². The molecule has 0 fully saturated rings. The van der Waals surface area contributed by atoms with Crippen LogP contribution in [0.3, 0.4) is 0 Å². The molecule has 0 amide bonds. The topological polar surface area (TPSA) is 31.2 Å². The summed E-state index contributed by atoms with van der Waals surface area (Å²) in [5, 5.41) is 1.13. The average molecular weight is 277 g/mol. The van der Waals surface area contributed by atoms with Gasteiger partial charge in [-0.05, 0) is 42.0 Å². The molecule has 0 radical (unpaired) electrons. The maximum Gasteiger partial charge on any atom is 0.330 e. The van der Waals surface area contributed by atoms with Crippen LogP contribution in [-0.4, -0.2) is 17.6 Å². The minimum Gasteiger partial charge on any atom is -0.466 e. The number of methoxy groups -OCH3 is 1. The van der Waals surface area contributed by atoms with Crippen molar-refractivity contribution in [3.63, 3.8) is 0 Å². The smallest absolute Gasteiger partial charge is 0.330 e. The van der Waals surface area contributed by atoms with Crippen LogP contribution < -0.4 is 0 Å². The van der Waals surface area contributed by atoms with Gasteiger partial charge in [-0.1, -0.05) is 24.3 Å². The van der Waals surface area contributed by atoms with E-state index in [4.69, 9.17) is 0 Å². The molecule has 3 heteroatoms. The Hall–Kier alpha value is -2.81. The molecule has 0 aliphatic rings. The second-order valence-corrected chi connectivity index (χ2v) is 4.70. The Morgan fingerprint density at radius 1 is 1.10 bits per heavy atom. The van der Waals surface area contributed by atoms with Crippen LogP contribution in [0, 0.1) is 0 Å². The molecule has 0 saturated heterocycles. The van der Waals surface area contributed by atoms with Crippen molar-refractivity contribution >= 4 is 22.9 Å². The number of carbonyl (C=O) groups excluding carboxylic acids is 1. The predicted octanol–water partition coefficient (Wildman–Crippen LogP) is 3.82. The summed E-state index contributed by atoms with van der Waals surface area (Å²) in [7, 11) is 1.37. The van der Waals surface area contributed by atoms with E-state index in [0.717, 1.165) is 22.2 Å². The number of hydrogen-bond acceptors (Lipinski definition) is 2. The molecule has 3 aromatic rings. The van der Waals surface area contributed by atoms with Crippen LogP contribution in [0.2, 0.25) is 0 Å². The van der Waals surface area contributed by atoms with E-state index < -0.39 is 0 Å². The molecule has 0 N–H and O–H groups in total. The summed E-state index contributed by atoms with van der Waals surface area (Å²) < 4.78 is 6.73. The summed E-state index contributed by atoms with van der Waals surface area (Å²) in [6.45, 7) is 0. The maximum absolute atomic E-state index is 11.1. The molecule has 0 atom stereocenters. The van der Waals surface area contributed by atoms with E-state index in [0.29, 0.717) is 0 Å². The summed E-state index contributed by atoms with van der Waals surface area (Å²) in [6.07, 6.45) is 5.23. The van der Waals surface area contributed by atoms with Crippen LogP contribution in [-0.2, 0) is 9.53 Å². The van der Waals surface area contributed by atoms with Gasteiger partial charge < -0.3 is 9.30 Å². The Balaban J connectivity index is 1.98. The van der Waals surface area contributed by atoms with Crippen LogP contribution in [0.15, 0.2) is 66.9 Å². The number of hydrogen-bond donors (Lipinski definition) is 0. The Morgan fingerprint density at radius 2 is 1.90 bits per heavy atom. The first-order valence-electron chi connectivity index (χ1n) is 6.70. The van der Waals surface area contributed by atoms with E-state index in [-0.39, 0.29) is 5.97 Å². The third kappa shape index (κ3) is 2.72. The minimum absolute atomic E-state index is 0.350. The molecule has 21 heavy (non-hydrogen) atoms. The molecule has 0 spiro atoms. The number of rotatable bonds is 3. The van der Waals surface area contributed by atoms with Crippen molar-refractivity contribution in [1.29, 1.82) is 0 Å². The van der Waals surface area contributed by atoms with Gasteiger partial charge in [-0.15, -0.1) is 0 Å². The van der Waals surface area contributed by atoms with Crippen molar-refractivity contribution in [2.45, 2.75) is 0 Å². The standard InChI is InChI=1S/C18H15NO2/c1-21-18(20)10-8-14-7-9-17-15(13-14)11-12-19(17)16-5-3-2-4-6-16/h2-13H,1H3. The lowest BCUT2D eigenvalue weighted by molar-refractivity contribution is -0.134. The van der Waals surface area contributed by atoms with E-state index >= 15 is 0 Å². The minimum atomic E-state index is -0.350. The van der Waals surface area contributed by atoms with Gasteiger partial charge in [0.05, 0.1) is 12.6 Å². The quantitative estimate of drug-likeness (QED) is 0.538. The molecule has 0 aliphatic heterocycles. The van der Waals surface area contributed by atoms with Crippen LogP contribution in [0.5, 0.6) is 0 Å². The van der Waals surface area contributed by atoms with Crippen LogP contribution >= 0.6 is 0 Å².